The van der Waals surface area contributed by atoms with Crippen molar-refractivity contribution in [3.63, 3.8) is 0 Å². The first-order chi connectivity index (χ1) is 13.5. The van der Waals surface area contributed by atoms with E-state index in [0.717, 1.165) is 17.1 Å². The van der Waals surface area contributed by atoms with E-state index in [1.165, 1.54) is 10.4 Å². The number of nitrogens with zero attached hydrogens (tertiary/aromatic N) is 2. The molecule has 1 saturated heterocycles. The van der Waals surface area contributed by atoms with E-state index in [2.05, 4.69) is 51.8 Å². The first-order valence-electron chi connectivity index (χ1n) is 9.36. The van der Waals surface area contributed by atoms with E-state index >= 15 is 0 Å². The fraction of sp³-hybridized carbons (Fsp3) is 0.273. The third-order valence-corrected chi connectivity index (χ3v) is 6.16. The second kappa shape index (κ2) is 7.89. The third-order valence-electron chi connectivity index (χ3n) is 4.76. The molecule has 4 nitrogen and oxygen atoms in total. The molecule has 6 heteroatoms. The van der Waals surface area contributed by atoms with E-state index < -0.39 is 0 Å². The molecule has 3 aromatic rings. The van der Waals surface area contributed by atoms with E-state index in [4.69, 9.17) is 17.0 Å². The van der Waals surface area contributed by atoms with Crippen LogP contribution in [0.5, 0.6) is 5.75 Å². The van der Waals surface area contributed by atoms with Crippen molar-refractivity contribution < 1.29 is 4.74 Å². The summed E-state index contributed by atoms with van der Waals surface area (Å²) in [6.45, 7) is 6.21. The molecule has 1 N–H and O–H groups in total. The van der Waals surface area contributed by atoms with Gasteiger partial charge in [0, 0.05) is 16.8 Å². The van der Waals surface area contributed by atoms with E-state index in [1.54, 1.807) is 11.3 Å². The number of aryl methyl sites for hydroxylation is 1. The highest BCUT2D eigenvalue weighted by Gasteiger charge is 2.41. The molecule has 0 amide bonds. The maximum absolute atomic E-state index is 5.79. The van der Waals surface area contributed by atoms with Crippen molar-refractivity contribution in [2.24, 2.45) is 0 Å². The Bertz CT molecular complexity index is 953. The van der Waals surface area contributed by atoms with E-state index in [0.29, 0.717) is 5.11 Å². The Morgan fingerprint density at radius 3 is 2.54 bits per heavy atom. The SMILES string of the molecule is Cc1ccsc1[C@@H]1[C@@H](c2ccccn2)NC(=S)N1c1ccc(OC(C)C)cc1. The number of rotatable bonds is 5. The van der Waals surface area contributed by atoms with Crippen LogP contribution in [0, 0.1) is 6.92 Å². The second-order valence-corrected chi connectivity index (χ2v) is 8.46. The predicted octanol–water partition coefficient (Wildman–Crippen LogP) is 5.42. The molecule has 0 spiro atoms. The van der Waals surface area contributed by atoms with Gasteiger partial charge in [-0.05, 0) is 86.4 Å². The standard InChI is InChI=1S/C22H23N3OS2/c1-14(2)26-17-9-7-16(8-10-17)25-20(21-15(3)11-13-28-21)19(24-22(25)27)18-6-4-5-12-23-18/h4-14,19-20H,1-3H3,(H,24,27)/t19-,20+/m1/s1. The molecule has 2 atom stereocenters. The Hall–Kier alpha value is -2.44. The summed E-state index contributed by atoms with van der Waals surface area (Å²) < 4.78 is 5.79. The third kappa shape index (κ3) is 3.62. The number of thiophene rings is 1. The molecule has 0 unspecified atom stereocenters. The molecule has 1 aliphatic heterocycles. The Balaban J connectivity index is 1.74. The fourth-order valence-electron chi connectivity index (χ4n) is 3.54. The number of hydrogen-bond donors (Lipinski definition) is 1. The average Bonchev–Trinajstić information content (AvgIpc) is 3.25. The maximum Gasteiger partial charge on any atom is 0.174 e. The lowest BCUT2D eigenvalue weighted by molar-refractivity contribution is 0.242. The number of nitrogens with one attached hydrogen (secondary N) is 1. The number of pyridine rings is 1. The molecule has 2 aromatic heterocycles. The van der Waals surface area contributed by atoms with Crippen LogP contribution in [-0.4, -0.2) is 16.2 Å². The zero-order valence-corrected chi connectivity index (χ0v) is 17.8. The van der Waals surface area contributed by atoms with Gasteiger partial charge >= 0.3 is 0 Å². The van der Waals surface area contributed by atoms with Crippen LogP contribution in [0.15, 0.2) is 60.1 Å². The summed E-state index contributed by atoms with van der Waals surface area (Å²) in [7, 11) is 0. The highest BCUT2D eigenvalue weighted by molar-refractivity contribution is 7.80. The fourth-order valence-corrected chi connectivity index (χ4v) is 4.94. The molecule has 1 fully saturated rings. The Morgan fingerprint density at radius 1 is 1.14 bits per heavy atom. The minimum atomic E-state index is -0.00218. The van der Waals surface area contributed by atoms with Crippen LogP contribution in [0.4, 0.5) is 5.69 Å². The molecule has 3 heterocycles. The van der Waals surface area contributed by atoms with Crippen molar-refractivity contribution in [3.05, 3.63) is 76.2 Å². The van der Waals surface area contributed by atoms with Gasteiger partial charge < -0.3 is 15.0 Å². The summed E-state index contributed by atoms with van der Waals surface area (Å²) in [5.41, 5.74) is 3.31. The molecule has 28 heavy (non-hydrogen) atoms. The number of benzene rings is 1. The molecular formula is C22H23N3OS2. The molecule has 0 bridgehead atoms. The number of ether oxygens (including phenoxy) is 1. The van der Waals surface area contributed by atoms with Crippen LogP contribution in [0.25, 0.3) is 0 Å². The quantitative estimate of drug-likeness (QED) is 0.570. The second-order valence-electron chi connectivity index (χ2n) is 7.12. The summed E-state index contributed by atoms with van der Waals surface area (Å²) in [5.74, 6) is 0.863. The summed E-state index contributed by atoms with van der Waals surface area (Å²) in [6, 6.07) is 16.4. The number of aromatic nitrogens is 1. The van der Waals surface area contributed by atoms with Crippen molar-refractivity contribution in [3.8, 4) is 5.75 Å². The van der Waals surface area contributed by atoms with Crippen molar-refractivity contribution in [2.45, 2.75) is 39.0 Å². The van der Waals surface area contributed by atoms with Crippen LogP contribution < -0.4 is 15.0 Å². The van der Waals surface area contributed by atoms with Gasteiger partial charge in [-0.15, -0.1) is 11.3 Å². The summed E-state index contributed by atoms with van der Waals surface area (Å²) in [6.07, 6.45) is 1.98. The number of hydrogen-bond acceptors (Lipinski definition) is 4. The van der Waals surface area contributed by atoms with E-state index in [1.807, 2.05) is 44.3 Å². The monoisotopic (exact) mass is 409 g/mol. The Kier molecular flexibility index (Phi) is 5.33. The van der Waals surface area contributed by atoms with Gasteiger partial charge in [-0.1, -0.05) is 6.07 Å². The van der Waals surface area contributed by atoms with Gasteiger partial charge in [0.05, 0.1) is 23.9 Å². The Labute approximate surface area is 175 Å². The smallest absolute Gasteiger partial charge is 0.174 e. The molecule has 4 rings (SSSR count). The molecule has 0 saturated carbocycles. The zero-order valence-electron chi connectivity index (χ0n) is 16.1. The first-order valence-corrected chi connectivity index (χ1v) is 10.6. The number of anilines is 1. The minimum Gasteiger partial charge on any atom is -0.491 e. The van der Waals surface area contributed by atoms with Crippen molar-refractivity contribution in [2.75, 3.05) is 4.90 Å². The lowest BCUT2D eigenvalue weighted by Crippen LogP contribution is -2.29. The van der Waals surface area contributed by atoms with Gasteiger partial charge in [-0.25, -0.2) is 0 Å². The summed E-state index contributed by atoms with van der Waals surface area (Å²) in [4.78, 5) is 8.09. The highest BCUT2D eigenvalue weighted by atomic mass is 32.1. The molecular weight excluding hydrogens is 386 g/mol. The summed E-state index contributed by atoms with van der Waals surface area (Å²) in [5, 5.41) is 6.35. The van der Waals surface area contributed by atoms with Crippen LogP contribution in [0.1, 0.15) is 42.1 Å². The lowest BCUT2D eigenvalue weighted by Gasteiger charge is -2.27. The average molecular weight is 410 g/mol. The first kappa shape index (κ1) is 18.9. The van der Waals surface area contributed by atoms with Gasteiger partial charge in [0.15, 0.2) is 5.11 Å². The van der Waals surface area contributed by atoms with Crippen molar-refractivity contribution in [1.29, 1.82) is 0 Å². The molecule has 0 aliphatic carbocycles. The topological polar surface area (TPSA) is 37.4 Å². The van der Waals surface area contributed by atoms with E-state index in [-0.39, 0.29) is 18.2 Å². The zero-order chi connectivity index (χ0) is 19.7. The normalized spacial score (nSPS) is 19.1. The van der Waals surface area contributed by atoms with Crippen LogP contribution in [-0.2, 0) is 0 Å². The van der Waals surface area contributed by atoms with E-state index in [9.17, 15) is 0 Å². The van der Waals surface area contributed by atoms with Gasteiger partial charge in [-0.2, -0.15) is 0 Å². The molecule has 1 aliphatic rings. The molecule has 0 radical (unpaired) electrons. The largest absolute Gasteiger partial charge is 0.491 e. The predicted molar refractivity (Wildman–Crippen MR) is 119 cm³/mol. The minimum absolute atomic E-state index is 0.00218. The van der Waals surface area contributed by atoms with Gasteiger partial charge in [0.2, 0.25) is 0 Å². The highest BCUT2D eigenvalue weighted by Crippen LogP contribution is 2.44. The maximum atomic E-state index is 5.79. The van der Waals surface area contributed by atoms with Crippen molar-refractivity contribution >= 4 is 34.4 Å². The Morgan fingerprint density at radius 2 is 1.93 bits per heavy atom. The van der Waals surface area contributed by atoms with Gasteiger partial charge in [0.1, 0.15) is 5.75 Å². The lowest BCUT2D eigenvalue weighted by atomic mass is 10.0. The van der Waals surface area contributed by atoms with Crippen molar-refractivity contribution in [1.82, 2.24) is 10.3 Å². The molecule has 1 aromatic carbocycles. The van der Waals surface area contributed by atoms with Crippen LogP contribution >= 0.6 is 23.6 Å². The number of thiocarbonyl (C=S) groups is 1. The summed E-state index contributed by atoms with van der Waals surface area (Å²) >= 11 is 7.52. The van der Waals surface area contributed by atoms with Gasteiger partial charge in [-0.3, -0.25) is 4.98 Å². The van der Waals surface area contributed by atoms with Gasteiger partial charge in [0.25, 0.3) is 0 Å². The van der Waals surface area contributed by atoms with Crippen LogP contribution in [0.3, 0.4) is 0 Å². The molecule has 144 valence electrons. The van der Waals surface area contributed by atoms with Crippen LogP contribution in [0.2, 0.25) is 0 Å².